The Morgan fingerprint density at radius 2 is 1.15 bits per heavy atom. The Balaban J connectivity index is 0.890. The smallest absolute Gasteiger partial charge is 0.416 e. The molecule has 14 heteroatoms. The van der Waals surface area contributed by atoms with Crippen LogP contribution in [-0.4, -0.2) is 33.3 Å². The van der Waals surface area contributed by atoms with Gasteiger partial charge in [-0.3, -0.25) is 4.79 Å². The van der Waals surface area contributed by atoms with E-state index in [4.69, 9.17) is 28.4 Å². The Bertz CT molecular complexity index is 3560. The van der Waals surface area contributed by atoms with E-state index in [-0.39, 0.29) is 73.8 Å². The minimum atomic E-state index is -5.19. The van der Waals surface area contributed by atoms with E-state index in [2.05, 4.69) is 6.92 Å². The third-order valence-corrected chi connectivity index (χ3v) is 18.3. The summed E-state index contributed by atoms with van der Waals surface area (Å²) in [6, 6.07) is 32.1. The maximum Gasteiger partial charge on any atom is 0.416 e. The van der Waals surface area contributed by atoms with Gasteiger partial charge in [-0.1, -0.05) is 114 Å². The van der Waals surface area contributed by atoms with Crippen molar-refractivity contribution in [2.75, 3.05) is 21.3 Å². The quantitative estimate of drug-likeness (QED) is 0.0434. The second-order valence-corrected chi connectivity index (χ2v) is 23.5. The summed E-state index contributed by atoms with van der Waals surface area (Å²) < 4.78 is 126. The first-order chi connectivity index (χ1) is 40.2. The molecule has 0 amide bonds. The fourth-order valence-corrected chi connectivity index (χ4v) is 13.8. The van der Waals surface area contributed by atoms with Gasteiger partial charge in [0.15, 0.2) is 17.1 Å². The van der Waals surface area contributed by atoms with Gasteiger partial charge in [-0.25, -0.2) is 4.79 Å². The van der Waals surface area contributed by atoms with Crippen LogP contribution in [-0.2, 0) is 28.2 Å². The zero-order valence-electron chi connectivity index (χ0n) is 48.0. The molecular weight excluding hydrogens is 1080 g/mol. The normalized spacial score (nSPS) is 19.6. The molecule has 8 nitrogen and oxygen atoms in total. The van der Waals surface area contributed by atoms with Crippen molar-refractivity contribution < 1.29 is 64.4 Å². The minimum Gasteiger partial charge on any atom is -0.497 e. The van der Waals surface area contributed by atoms with Gasteiger partial charge >= 0.3 is 24.3 Å². The van der Waals surface area contributed by atoms with E-state index in [0.29, 0.717) is 39.9 Å². The summed E-state index contributed by atoms with van der Waals surface area (Å²) >= 11 is 0. The zero-order chi connectivity index (χ0) is 59.3. The topological polar surface area (TPSA) is 89.5 Å². The second kappa shape index (κ2) is 23.0. The number of carbonyl (C=O) groups excluding carboxylic acids is 2. The average molecular weight is 1150 g/mol. The van der Waals surface area contributed by atoms with Gasteiger partial charge in [0.05, 0.1) is 43.9 Å². The molecule has 0 radical (unpaired) electrons. The number of benzene rings is 7. The Labute approximate surface area is 486 Å². The summed E-state index contributed by atoms with van der Waals surface area (Å²) in [6.45, 7) is 5.37. The highest BCUT2D eigenvalue weighted by Crippen LogP contribution is 2.62. The van der Waals surface area contributed by atoms with Crippen LogP contribution in [0.15, 0.2) is 127 Å². The van der Waals surface area contributed by atoms with Gasteiger partial charge in [0.2, 0.25) is 0 Å². The number of hydrogen-bond donors (Lipinski definition) is 0. The highest BCUT2D eigenvalue weighted by atomic mass is 19.4. The van der Waals surface area contributed by atoms with E-state index < -0.39 is 40.5 Å². The molecule has 1 aliphatic heterocycles. The van der Waals surface area contributed by atoms with E-state index >= 15 is 13.2 Å². The molecular formula is C70H68F6O8. The molecule has 84 heavy (non-hydrogen) atoms. The lowest BCUT2D eigenvalue weighted by Crippen LogP contribution is -2.35. The van der Waals surface area contributed by atoms with E-state index in [0.717, 1.165) is 54.7 Å². The lowest BCUT2D eigenvalue weighted by atomic mass is 9.68. The number of esters is 2. The van der Waals surface area contributed by atoms with Gasteiger partial charge in [0.1, 0.15) is 23.0 Å². The number of methoxy groups -OCH3 is 3. The summed E-state index contributed by atoms with van der Waals surface area (Å²) in [4.78, 5) is 27.6. The van der Waals surface area contributed by atoms with E-state index in [9.17, 15) is 22.8 Å². The van der Waals surface area contributed by atoms with Crippen LogP contribution in [0.25, 0.3) is 39.1 Å². The SMILES string of the molecule is CCCCC[C@H]1CC[C@H]([C@H]2CC[C@H](C(=O)Oc3ccc(-c4ccc(C(=O)Oc5cc6c7c(c8c(c6cc5OC)OC(c5ccc(OC)cc5)(c5ccc(OC)cc5)C=C8)C(C)(C)c5c-7cc(C(F)(F)F)cc5C(F)(F)F)cc4)cc3)CC2)CC1. The first kappa shape index (κ1) is 58.1. The molecule has 1 heterocycles. The van der Waals surface area contributed by atoms with Crippen molar-refractivity contribution in [3.05, 3.63) is 172 Å². The number of hydrogen-bond acceptors (Lipinski definition) is 8. The number of ether oxygens (including phenoxy) is 6. The standard InChI is InChI=1S/C70H68F6O8/c1-7-8-9-10-41-11-13-42(14-12-41)43-15-19-46(20-16-43)65(77)82-53-29-23-45(24-30-53)44-17-21-47(22-18-44)66(78)83-60-39-55-56(40-59(60)81-6)64-54(63-61(55)57-37-50(69(71,72)73)38-58(70(74,75)76)62(57)67(63,2)3)35-36-68(84-64,48-25-31-51(79-4)32-26-48)49-27-33-52(80-5)34-28-49/h17-18,21-43,46H,7-16,19-20H2,1-6H3/t41-,42-,43-,46-. The van der Waals surface area contributed by atoms with Crippen LogP contribution in [0.4, 0.5) is 26.3 Å². The van der Waals surface area contributed by atoms with Crippen molar-refractivity contribution in [3.8, 4) is 56.8 Å². The lowest BCUT2D eigenvalue weighted by molar-refractivity contribution is -0.144. The van der Waals surface area contributed by atoms with Crippen LogP contribution in [0.3, 0.4) is 0 Å². The number of carbonyl (C=O) groups is 2. The Morgan fingerprint density at radius 1 is 0.595 bits per heavy atom. The zero-order valence-corrected chi connectivity index (χ0v) is 48.0. The summed E-state index contributed by atoms with van der Waals surface area (Å²) in [5, 5.41) is 0.414. The largest absolute Gasteiger partial charge is 0.497 e. The number of alkyl halides is 6. The third-order valence-electron chi connectivity index (χ3n) is 18.3. The maximum atomic E-state index is 15.3. The Kier molecular flexibility index (Phi) is 15.9. The van der Waals surface area contributed by atoms with Gasteiger partial charge in [0.25, 0.3) is 0 Å². The average Bonchev–Trinajstić information content (AvgIpc) is 1.52. The van der Waals surface area contributed by atoms with Crippen molar-refractivity contribution >= 4 is 28.8 Å². The summed E-state index contributed by atoms with van der Waals surface area (Å²) in [6.07, 6.45) is 7.65. The number of halogens is 6. The van der Waals surface area contributed by atoms with E-state index in [1.807, 2.05) is 36.4 Å². The molecule has 0 unspecified atom stereocenters. The van der Waals surface area contributed by atoms with Gasteiger partial charge in [-0.2, -0.15) is 26.3 Å². The van der Waals surface area contributed by atoms with Crippen LogP contribution >= 0.6 is 0 Å². The molecule has 7 aromatic rings. The Hall–Kier alpha value is -7.74. The minimum absolute atomic E-state index is 0.0313. The van der Waals surface area contributed by atoms with Crippen LogP contribution < -0.4 is 28.4 Å². The monoisotopic (exact) mass is 1150 g/mol. The predicted molar refractivity (Wildman–Crippen MR) is 312 cm³/mol. The van der Waals surface area contributed by atoms with Crippen molar-refractivity contribution in [3.63, 3.8) is 0 Å². The van der Waals surface area contributed by atoms with Gasteiger partial charge in [0, 0.05) is 27.5 Å². The lowest BCUT2D eigenvalue weighted by Gasteiger charge is -2.38. The summed E-state index contributed by atoms with van der Waals surface area (Å²) in [5.41, 5.74) is -2.79. The highest BCUT2D eigenvalue weighted by molar-refractivity contribution is 6.10. The fourth-order valence-electron chi connectivity index (χ4n) is 13.8. The molecule has 3 aliphatic carbocycles. The van der Waals surface area contributed by atoms with Crippen LogP contribution in [0.5, 0.6) is 34.5 Å². The number of rotatable bonds is 15. The molecule has 11 rings (SSSR count). The van der Waals surface area contributed by atoms with E-state index in [1.54, 1.807) is 86.7 Å². The number of unbranched alkanes of at least 4 members (excludes halogenated alkanes) is 2. The molecule has 4 aliphatic rings. The van der Waals surface area contributed by atoms with Gasteiger partial charge in [-0.05, 0) is 174 Å². The molecule has 0 bridgehead atoms. The van der Waals surface area contributed by atoms with Crippen molar-refractivity contribution in [1.29, 1.82) is 0 Å². The second-order valence-electron chi connectivity index (χ2n) is 23.5. The van der Waals surface area contributed by atoms with Crippen molar-refractivity contribution in [1.82, 2.24) is 0 Å². The Morgan fingerprint density at radius 3 is 1.70 bits per heavy atom. The summed E-state index contributed by atoms with van der Waals surface area (Å²) in [5.74, 6) is 2.88. The van der Waals surface area contributed by atoms with Crippen molar-refractivity contribution in [2.24, 2.45) is 23.7 Å². The van der Waals surface area contributed by atoms with Crippen LogP contribution in [0.1, 0.15) is 147 Å². The highest BCUT2D eigenvalue weighted by Gasteiger charge is 2.50. The van der Waals surface area contributed by atoms with Gasteiger partial charge in [-0.15, -0.1) is 0 Å². The molecule has 0 atom stereocenters. The molecule has 2 fully saturated rings. The molecule has 7 aromatic carbocycles. The molecule has 0 spiro atoms. The van der Waals surface area contributed by atoms with Crippen LogP contribution in [0.2, 0.25) is 0 Å². The maximum absolute atomic E-state index is 15.3. The molecule has 2 saturated carbocycles. The molecule has 0 aromatic heterocycles. The first-order valence-corrected chi connectivity index (χ1v) is 29.1. The fraction of sp³-hybridized carbons (Fsp3) is 0.371. The summed E-state index contributed by atoms with van der Waals surface area (Å²) in [7, 11) is 4.43. The third kappa shape index (κ3) is 11.0. The van der Waals surface area contributed by atoms with Crippen LogP contribution in [0, 0.1) is 23.7 Å². The molecule has 0 N–H and O–H groups in total. The number of fused-ring (bicyclic) bond motifs is 8. The van der Waals surface area contributed by atoms with E-state index in [1.165, 1.54) is 84.8 Å². The van der Waals surface area contributed by atoms with Crippen molar-refractivity contribution in [2.45, 2.75) is 121 Å². The van der Waals surface area contributed by atoms with Gasteiger partial charge < -0.3 is 28.4 Å². The molecule has 438 valence electrons. The predicted octanol–water partition coefficient (Wildman–Crippen LogP) is 18.5. The molecule has 0 saturated heterocycles. The first-order valence-electron chi connectivity index (χ1n) is 29.1.